The maximum Gasteiger partial charge on any atom is 0.236 e. The van der Waals surface area contributed by atoms with Gasteiger partial charge in [-0.05, 0) is 38.8 Å². The normalized spacial score (nSPS) is 25.6. The van der Waals surface area contributed by atoms with Crippen molar-refractivity contribution in [3.63, 3.8) is 0 Å². The fourth-order valence-electron chi connectivity index (χ4n) is 2.87. The van der Waals surface area contributed by atoms with E-state index in [2.05, 4.69) is 4.90 Å². The largest absolute Gasteiger partial charge is 0.378 e. The van der Waals surface area contributed by atoms with Gasteiger partial charge in [0.05, 0.1) is 19.8 Å². The second kappa shape index (κ2) is 7.07. The van der Waals surface area contributed by atoms with E-state index < -0.39 is 0 Å². The summed E-state index contributed by atoms with van der Waals surface area (Å²) in [5.41, 5.74) is 5.56. The van der Waals surface area contributed by atoms with Gasteiger partial charge >= 0.3 is 0 Å². The monoisotopic (exact) mass is 255 g/mol. The summed E-state index contributed by atoms with van der Waals surface area (Å²) in [5, 5.41) is 0. The van der Waals surface area contributed by atoms with E-state index in [0.29, 0.717) is 25.8 Å². The van der Waals surface area contributed by atoms with E-state index in [9.17, 15) is 4.79 Å². The summed E-state index contributed by atoms with van der Waals surface area (Å²) < 4.78 is 5.27. The van der Waals surface area contributed by atoms with Gasteiger partial charge in [0.15, 0.2) is 0 Å². The molecule has 2 N–H and O–H groups in total. The molecule has 5 heteroatoms. The van der Waals surface area contributed by atoms with Crippen molar-refractivity contribution in [3.05, 3.63) is 0 Å². The van der Waals surface area contributed by atoms with Crippen molar-refractivity contribution < 1.29 is 9.53 Å². The number of rotatable bonds is 5. The highest BCUT2D eigenvalue weighted by Crippen LogP contribution is 2.21. The van der Waals surface area contributed by atoms with Gasteiger partial charge in [0.2, 0.25) is 5.91 Å². The molecule has 1 amide bonds. The summed E-state index contributed by atoms with van der Waals surface area (Å²) in [5.74, 6) is 0.262. The molecule has 0 radical (unpaired) electrons. The zero-order chi connectivity index (χ0) is 12.8. The van der Waals surface area contributed by atoms with Gasteiger partial charge in [-0.25, -0.2) is 0 Å². The molecule has 0 aromatic rings. The third kappa shape index (κ3) is 3.67. The Labute approximate surface area is 109 Å². The first-order valence-electron chi connectivity index (χ1n) is 7.11. The Morgan fingerprint density at radius 3 is 2.78 bits per heavy atom. The minimum absolute atomic E-state index is 0.262. The molecular formula is C13H25N3O2. The average Bonchev–Trinajstić information content (AvgIpc) is 2.84. The number of nitrogens with zero attached hydrogens (tertiary/aromatic N) is 2. The Morgan fingerprint density at radius 1 is 1.28 bits per heavy atom. The third-order valence-electron chi connectivity index (χ3n) is 3.94. The van der Waals surface area contributed by atoms with E-state index in [1.165, 1.54) is 12.8 Å². The van der Waals surface area contributed by atoms with Crippen molar-refractivity contribution in [1.82, 2.24) is 9.80 Å². The SMILES string of the molecule is NCCCC1CCCN1CC(=O)N1CCOCC1. The van der Waals surface area contributed by atoms with Crippen molar-refractivity contribution >= 4 is 5.91 Å². The highest BCUT2D eigenvalue weighted by Gasteiger charge is 2.27. The molecule has 2 aliphatic rings. The smallest absolute Gasteiger partial charge is 0.236 e. The Bertz CT molecular complexity index is 267. The summed E-state index contributed by atoms with van der Waals surface area (Å²) in [6, 6.07) is 0.568. The molecular weight excluding hydrogens is 230 g/mol. The molecule has 1 unspecified atom stereocenters. The van der Waals surface area contributed by atoms with Crippen molar-refractivity contribution in [3.8, 4) is 0 Å². The molecule has 2 rings (SSSR count). The second-order valence-electron chi connectivity index (χ2n) is 5.19. The molecule has 0 spiro atoms. The van der Waals surface area contributed by atoms with Gasteiger partial charge < -0.3 is 15.4 Å². The summed E-state index contributed by atoms with van der Waals surface area (Å²) in [4.78, 5) is 16.5. The fraction of sp³-hybridized carbons (Fsp3) is 0.923. The molecule has 0 bridgehead atoms. The van der Waals surface area contributed by atoms with Crippen LogP contribution in [0.4, 0.5) is 0 Å². The Hall–Kier alpha value is -0.650. The number of nitrogens with two attached hydrogens (primary N) is 1. The molecule has 0 saturated carbocycles. The topological polar surface area (TPSA) is 58.8 Å². The van der Waals surface area contributed by atoms with Gasteiger partial charge in [0.1, 0.15) is 0 Å². The van der Waals surface area contributed by atoms with E-state index in [-0.39, 0.29) is 5.91 Å². The quantitative estimate of drug-likeness (QED) is 0.754. The van der Waals surface area contributed by atoms with Crippen molar-refractivity contribution in [2.75, 3.05) is 45.9 Å². The molecule has 0 aromatic heterocycles. The molecule has 0 aromatic carbocycles. The number of likely N-dealkylation sites (tertiary alicyclic amines) is 1. The zero-order valence-corrected chi connectivity index (χ0v) is 11.1. The maximum atomic E-state index is 12.2. The number of carbonyl (C=O) groups excluding carboxylic acids is 1. The summed E-state index contributed by atoms with van der Waals surface area (Å²) in [6.07, 6.45) is 4.63. The summed E-state index contributed by atoms with van der Waals surface area (Å²) in [7, 11) is 0. The van der Waals surface area contributed by atoms with Crippen LogP contribution in [0.5, 0.6) is 0 Å². The fourth-order valence-corrected chi connectivity index (χ4v) is 2.87. The minimum atomic E-state index is 0.262. The lowest BCUT2D eigenvalue weighted by atomic mass is 10.1. The predicted molar refractivity (Wildman–Crippen MR) is 70.3 cm³/mol. The molecule has 104 valence electrons. The van der Waals surface area contributed by atoms with E-state index >= 15 is 0 Å². The zero-order valence-electron chi connectivity index (χ0n) is 11.1. The van der Waals surface area contributed by atoms with E-state index in [1.807, 2.05) is 4.90 Å². The standard InChI is InChI=1S/C13H25N3O2/c14-5-1-3-12-4-2-6-16(12)11-13(17)15-7-9-18-10-8-15/h12H,1-11,14H2. The van der Waals surface area contributed by atoms with Crippen LogP contribution in [0.25, 0.3) is 0 Å². The molecule has 2 fully saturated rings. The van der Waals surface area contributed by atoms with Crippen LogP contribution in [0.1, 0.15) is 25.7 Å². The molecule has 1 atom stereocenters. The van der Waals surface area contributed by atoms with Gasteiger partial charge in [-0.1, -0.05) is 0 Å². The van der Waals surface area contributed by atoms with Crippen LogP contribution in [0.2, 0.25) is 0 Å². The predicted octanol–water partition coefficient (Wildman–Crippen LogP) is 0.0485. The third-order valence-corrected chi connectivity index (χ3v) is 3.94. The van der Waals surface area contributed by atoms with Gasteiger partial charge in [0.25, 0.3) is 0 Å². The lowest BCUT2D eigenvalue weighted by Gasteiger charge is -2.30. The number of carbonyl (C=O) groups is 1. The highest BCUT2D eigenvalue weighted by atomic mass is 16.5. The first kappa shape index (κ1) is 13.8. The van der Waals surface area contributed by atoms with Crippen molar-refractivity contribution in [1.29, 1.82) is 0 Å². The number of ether oxygens (including phenoxy) is 1. The maximum absolute atomic E-state index is 12.2. The lowest BCUT2D eigenvalue weighted by Crippen LogP contribution is -2.46. The van der Waals surface area contributed by atoms with E-state index in [1.54, 1.807) is 0 Å². The Kier molecular flexibility index (Phi) is 5.41. The number of hydrogen-bond donors (Lipinski definition) is 1. The Morgan fingerprint density at radius 2 is 2.06 bits per heavy atom. The number of amides is 1. The van der Waals surface area contributed by atoms with Gasteiger partial charge in [-0.3, -0.25) is 9.69 Å². The number of morpholine rings is 1. The summed E-state index contributed by atoms with van der Waals surface area (Å²) in [6.45, 7) is 5.26. The lowest BCUT2D eigenvalue weighted by molar-refractivity contribution is -0.136. The first-order chi connectivity index (χ1) is 8.81. The van der Waals surface area contributed by atoms with Crippen LogP contribution in [-0.2, 0) is 9.53 Å². The van der Waals surface area contributed by atoms with Gasteiger partial charge in [-0.2, -0.15) is 0 Å². The molecule has 2 aliphatic heterocycles. The van der Waals surface area contributed by atoms with Crippen molar-refractivity contribution in [2.24, 2.45) is 5.73 Å². The Balaban J connectivity index is 1.78. The van der Waals surface area contributed by atoms with Gasteiger partial charge in [0, 0.05) is 19.1 Å². The van der Waals surface area contributed by atoms with Crippen LogP contribution >= 0.6 is 0 Å². The molecule has 2 saturated heterocycles. The second-order valence-corrected chi connectivity index (χ2v) is 5.19. The van der Waals surface area contributed by atoms with Crippen LogP contribution in [0.3, 0.4) is 0 Å². The van der Waals surface area contributed by atoms with Gasteiger partial charge in [-0.15, -0.1) is 0 Å². The number of hydrogen-bond acceptors (Lipinski definition) is 4. The summed E-state index contributed by atoms with van der Waals surface area (Å²) >= 11 is 0. The van der Waals surface area contributed by atoms with Crippen LogP contribution in [-0.4, -0.2) is 67.7 Å². The average molecular weight is 255 g/mol. The van der Waals surface area contributed by atoms with Crippen LogP contribution in [0.15, 0.2) is 0 Å². The van der Waals surface area contributed by atoms with Crippen molar-refractivity contribution in [2.45, 2.75) is 31.7 Å². The van der Waals surface area contributed by atoms with E-state index in [4.69, 9.17) is 10.5 Å². The van der Waals surface area contributed by atoms with Crippen LogP contribution in [0, 0.1) is 0 Å². The minimum Gasteiger partial charge on any atom is -0.378 e. The molecule has 5 nitrogen and oxygen atoms in total. The molecule has 18 heavy (non-hydrogen) atoms. The first-order valence-corrected chi connectivity index (χ1v) is 7.11. The van der Waals surface area contributed by atoms with Crippen LogP contribution < -0.4 is 5.73 Å². The molecule has 2 heterocycles. The molecule has 0 aliphatic carbocycles. The van der Waals surface area contributed by atoms with E-state index in [0.717, 1.165) is 39.0 Å². The highest BCUT2D eigenvalue weighted by molar-refractivity contribution is 5.78.